The molecule has 0 saturated heterocycles. The maximum Gasteiger partial charge on any atom is 0.338 e. The maximum absolute atomic E-state index is 13.2. The normalized spacial score (nSPS) is 10.2. The molecule has 1 aromatic heterocycles. The minimum absolute atomic E-state index is 0.216. The van der Waals surface area contributed by atoms with Gasteiger partial charge in [0.2, 0.25) is 0 Å². The molecule has 0 aliphatic carbocycles. The number of thiophene rings is 1. The minimum Gasteiger partial charge on any atom is -0.478 e. The average Bonchev–Trinajstić information content (AvgIpc) is 2.84. The van der Waals surface area contributed by atoms with Crippen molar-refractivity contribution in [3.8, 4) is 0 Å². The molecule has 0 fully saturated rings. The minimum atomic E-state index is -1.38. The molecule has 7 heteroatoms. The molecule has 2 aromatic rings. The van der Waals surface area contributed by atoms with Crippen LogP contribution in [0.15, 0.2) is 29.0 Å². The van der Waals surface area contributed by atoms with E-state index in [1.807, 2.05) is 17.7 Å². The second-order valence-corrected chi connectivity index (χ2v) is 5.13. The summed E-state index contributed by atoms with van der Waals surface area (Å²) in [5, 5.41) is 17.9. The topological polar surface area (TPSA) is 78.4 Å². The molecule has 21 heavy (non-hydrogen) atoms. The molecule has 5 nitrogen and oxygen atoms in total. The molecule has 0 unspecified atom stereocenters. The standard InChI is InChI=1S/C14H13FN2O3S/c1-8-6-21-7-9(8)5-16-14(20)17-10-2-3-12(15)11(4-10)13(18)19/h2-4,6-7H,5H2,1H3,(H,18,19)(H2,16,17,20). The van der Waals surface area contributed by atoms with Crippen LogP contribution in [-0.4, -0.2) is 17.1 Å². The van der Waals surface area contributed by atoms with E-state index in [-0.39, 0.29) is 5.69 Å². The monoisotopic (exact) mass is 308 g/mol. The number of anilines is 1. The van der Waals surface area contributed by atoms with Gasteiger partial charge >= 0.3 is 12.0 Å². The van der Waals surface area contributed by atoms with E-state index in [0.29, 0.717) is 6.54 Å². The number of aryl methyl sites for hydroxylation is 1. The zero-order valence-electron chi connectivity index (χ0n) is 11.1. The van der Waals surface area contributed by atoms with Crippen LogP contribution in [0.4, 0.5) is 14.9 Å². The van der Waals surface area contributed by atoms with Crippen LogP contribution in [0.2, 0.25) is 0 Å². The van der Waals surface area contributed by atoms with Crippen molar-refractivity contribution in [3.05, 3.63) is 51.5 Å². The molecule has 1 aromatic carbocycles. The van der Waals surface area contributed by atoms with E-state index < -0.39 is 23.4 Å². The second kappa shape index (κ2) is 6.36. The summed E-state index contributed by atoms with van der Waals surface area (Å²) in [5.41, 5.74) is 1.84. The molecule has 0 bridgehead atoms. The summed E-state index contributed by atoms with van der Waals surface area (Å²) in [7, 11) is 0. The molecular formula is C14H13FN2O3S. The predicted molar refractivity (Wildman–Crippen MR) is 78.3 cm³/mol. The van der Waals surface area contributed by atoms with Crippen LogP contribution in [0.25, 0.3) is 0 Å². The summed E-state index contributed by atoms with van der Waals surface area (Å²) < 4.78 is 13.2. The molecule has 2 rings (SSSR count). The number of rotatable bonds is 4. The van der Waals surface area contributed by atoms with E-state index in [1.54, 1.807) is 11.3 Å². The van der Waals surface area contributed by atoms with E-state index in [9.17, 15) is 14.0 Å². The number of carboxylic acid groups (broad SMARTS) is 1. The Morgan fingerprint density at radius 3 is 2.71 bits per heavy atom. The summed E-state index contributed by atoms with van der Waals surface area (Å²) in [5.74, 6) is -2.23. The molecule has 0 saturated carbocycles. The number of urea groups is 1. The van der Waals surface area contributed by atoms with Crippen molar-refractivity contribution >= 4 is 29.0 Å². The number of carbonyl (C=O) groups excluding carboxylic acids is 1. The van der Waals surface area contributed by atoms with Crippen LogP contribution >= 0.6 is 11.3 Å². The van der Waals surface area contributed by atoms with Crippen LogP contribution in [0.5, 0.6) is 0 Å². The molecule has 2 amide bonds. The van der Waals surface area contributed by atoms with Crippen molar-refractivity contribution in [1.29, 1.82) is 0 Å². The number of benzene rings is 1. The number of halogens is 1. The summed E-state index contributed by atoms with van der Waals surface area (Å²) in [6.45, 7) is 2.32. The molecule has 3 N–H and O–H groups in total. The third kappa shape index (κ3) is 3.79. The Morgan fingerprint density at radius 2 is 2.10 bits per heavy atom. The first-order valence-corrected chi connectivity index (χ1v) is 7.01. The highest BCUT2D eigenvalue weighted by atomic mass is 32.1. The second-order valence-electron chi connectivity index (χ2n) is 4.39. The molecule has 0 aliphatic heterocycles. The van der Waals surface area contributed by atoms with Gasteiger partial charge in [0.1, 0.15) is 5.82 Å². The highest BCUT2D eigenvalue weighted by Crippen LogP contribution is 2.15. The number of carboxylic acids is 1. The Balaban J connectivity index is 1.98. The van der Waals surface area contributed by atoms with E-state index in [4.69, 9.17) is 5.11 Å². The lowest BCUT2D eigenvalue weighted by atomic mass is 10.2. The van der Waals surface area contributed by atoms with Crippen molar-refractivity contribution in [2.24, 2.45) is 0 Å². The molecule has 0 spiro atoms. The van der Waals surface area contributed by atoms with Gasteiger partial charge < -0.3 is 15.7 Å². The Kier molecular flexibility index (Phi) is 4.54. The highest BCUT2D eigenvalue weighted by Gasteiger charge is 2.12. The smallest absolute Gasteiger partial charge is 0.338 e. The lowest BCUT2D eigenvalue weighted by Gasteiger charge is -2.08. The van der Waals surface area contributed by atoms with Crippen molar-refractivity contribution < 1.29 is 19.1 Å². The van der Waals surface area contributed by atoms with Crippen molar-refractivity contribution in [2.45, 2.75) is 13.5 Å². The van der Waals surface area contributed by atoms with Gasteiger partial charge in [0.25, 0.3) is 0 Å². The first kappa shape index (κ1) is 15.0. The Hall–Kier alpha value is -2.41. The zero-order chi connectivity index (χ0) is 15.4. The molecular weight excluding hydrogens is 295 g/mol. The number of nitrogens with one attached hydrogen (secondary N) is 2. The molecule has 110 valence electrons. The maximum atomic E-state index is 13.2. The van der Waals surface area contributed by atoms with Gasteiger partial charge in [0.05, 0.1) is 5.56 Å². The van der Waals surface area contributed by atoms with Crippen LogP contribution in [0.3, 0.4) is 0 Å². The van der Waals surface area contributed by atoms with Gasteiger partial charge in [0, 0.05) is 12.2 Å². The fourth-order valence-corrected chi connectivity index (χ4v) is 2.54. The SMILES string of the molecule is Cc1cscc1CNC(=O)Nc1ccc(F)c(C(=O)O)c1. The highest BCUT2D eigenvalue weighted by molar-refractivity contribution is 7.08. The van der Waals surface area contributed by atoms with Gasteiger partial charge in [0.15, 0.2) is 0 Å². The average molecular weight is 308 g/mol. The third-order valence-corrected chi connectivity index (χ3v) is 3.77. The number of hydrogen-bond acceptors (Lipinski definition) is 3. The van der Waals surface area contributed by atoms with E-state index >= 15 is 0 Å². The van der Waals surface area contributed by atoms with Crippen LogP contribution in [-0.2, 0) is 6.54 Å². The predicted octanol–water partition coefficient (Wildman–Crippen LogP) is 3.22. The Bertz CT molecular complexity index is 685. The van der Waals surface area contributed by atoms with Gasteiger partial charge in [-0.2, -0.15) is 11.3 Å². The van der Waals surface area contributed by atoms with Gasteiger partial charge in [-0.1, -0.05) is 0 Å². The fourth-order valence-electron chi connectivity index (χ4n) is 1.69. The quantitative estimate of drug-likeness (QED) is 0.811. The third-order valence-electron chi connectivity index (χ3n) is 2.86. The number of amides is 2. The van der Waals surface area contributed by atoms with Crippen molar-refractivity contribution in [1.82, 2.24) is 5.32 Å². The molecule has 0 aliphatic rings. The summed E-state index contributed by atoms with van der Waals surface area (Å²) in [6.07, 6.45) is 0. The van der Waals surface area contributed by atoms with E-state index in [2.05, 4.69) is 10.6 Å². The van der Waals surface area contributed by atoms with Gasteiger partial charge in [-0.05, 0) is 47.0 Å². The first-order chi connectivity index (χ1) is 9.97. The Morgan fingerprint density at radius 1 is 1.33 bits per heavy atom. The van der Waals surface area contributed by atoms with Crippen LogP contribution < -0.4 is 10.6 Å². The zero-order valence-corrected chi connectivity index (χ0v) is 12.0. The first-order valence-electron chi connectivity index (χ1n) is 6.06. The Labute approximate surface area is 124 Å². The van der Waals surface area contributed by atoms with Crippen LogP contribution in [0.1, 0.15) is 21.5 Å². The number of hydrogen-bond donors (Lipinski definition) is 3. The summed E-state index contributed by atoms with van der Waals surface area (Å²) in [4.78, 5) is 22.5. The number of aromatic carboxylic acids is 1. The van der Waals surface area contributed by atoms with E-state index in [1.165, 1.54) is 6.07 Å². The molecule has 1 heterocycles. The molecule has 0 atom stereocenters. The lowest BCUT2D eigenvalue weighted by molar-refractivity contribution is 0.0692. The largest absolute Gasteiger partial charge is 0.478 e. The summed E-state index contributed by atoms with van der Waals surface area (Å²) in [6, 6.07) is 2.90. The van der Waals surface area contributed by atoms with Crippen molar-refractivity contribution in [3.63, 3.8) is 0 Å². The van der Waals surface area contributed by atoms with Crippen LogP contribution in [0, 0.1) is 12.7 Å². The van der Waals surface area contributed by atoms with Crippen molar-refractivity contribution in [2.75, 3.05) is 5.32 Å². The van der Waals surface area contributed by atoms with Gasteiger partial charge in [-0.25, -0.2) is 14.0 Å². The lowest BCUT2D eigenvalue weighted by Crippen LogP contribution is -2.28. The summed E-state index contributed by atoms with van der Waals surface area (Å²) >= 11 is 1.55. The van der Waals surface area contributed by atoms with Gasteiger partial charge in [-0.15, -0.1) is 0 Å². The molecule has 0 radical (unpaired) electrons. The van der Waals surface area contributed by atoms with E-state index in [0.717, 1.165) is 23.3 Å². The number of carbonyl (C=O) groups is 2. The fraction of sp³-hybridized carbons (Fsp3) is 0.143. The van der Waals surface area contributed by atoms with Gasteiger partial charge in [-0.3, -0.25) is 0 Å².